The average molecular weight is 484 g/mol. The van der Waals surface area contributed by atoms with Crippen LogP contribution in [0.2, 0.25) is 5.02 Å². The van der Waals surface area contributed by atoms with Crippen LogP contribution in [-0.4, -0.2) is 33.1 Å². The Balaban J connectivity index is 1.70. The first-order valence-electron chi connectivity index (χ1n) is 9.35. The monoisotopic (exact) mass is 483 g/mol. The van der Waals surface area contributed by atoms with Crippen molar-refractivity contribution in [2.24, 2.45) is 0 Å². The van der Waals surface area contributed by atoms with Gasteiger partial charge in [-0.05, 0) is 36.8 Å². The fraction of sp³-hybridized carbons (Fsp3) is 0.250. The zero-order chi connectivity index (χ0) is 23.0. The Bertz CT molecular complexity index is 1170. The molecule has 168 valence electrons. The van der Waals surface area contributed by atoms with Crippen molar-refractivity contribution >= 4 is 35.0 Å². The van der Waals surface area contributed by atoms with Crippen LogP contribution in [0.3, 0.4) is 0 Å². The van der Waals surface area contributed by atoms with E-state index in [1.54, 1.807) is 29.8 Å². The molecule has 0 radical (unpaired) electrons. The third kappa shape index (κ3) is 4.22. The zero-order valence-electron chi connectivity index (χ0n) is 16.8. The first-order valence-corrected chi connectivity index (χ1v) is 10.6. The Morgan fingerprint density at radius 2 is 2.00 bits per heavy atom. The molecule has 0 bridgehead atoms. The van der Waals surface area contributed by atoms with Crippen LogP contribution in [0, 0.1) is 6.92 Å². The Morgan fingerprint density at radius 1 is 1.25 bits per heavy atom. The number of hydrogen-bond donors (Lipinski definition) is 2. The van der Waals surface area contributed by atoms with E-state index < -0.39 is 28.9 Å². The summed E-state index contributed by atoms with van der Waals surface area (Å²) in [6, 6.07) is 9.23. The summed E-state index contributed by atoms with van der Waals surface area (Å²) >= 11 is 7.37. The van der Waals surface area contributed by atoms with E-state index in [4.69, 9.17) is 16.3 Å². The summed E-state index contributed by atoms with van der Waals surface area (Å²) in [6.07, 6.45) is -4.61. The molecule has 0 aliphatic carbocycles. The average Bonchev–Trinajstić information content (AvgIpc) is 3.12. The number of carbonyl (C=O) groups excluding carboxylic acids is 1. The summed E-state index contributed by atoms with van der Waals surface area (Å²) in [5, 5.41) is 10.4. The number of halogens is 4. The maximum absolute atomic E-state index is 13.4. The van der Waals surface area contributed by atoms with Gasteiger partial charge in [0.05, 0.1) is 29.4 Å². The second-order valence-electron chi connectivity index (χ2n) is 6.94. The number of amides is 1. The highest BCUT2D eigenvalue weighted by Gasteiger charge is 2.39. The number of aromatic nitrogens is 3. The van der Waals surface area contributed by atoms with Gasteiger partial charge in [0.2, 0.25) is 11.1 Å². The maximum atomic E-state index is 13.4. The molecule has 32 heavy (non-hydrogen) atoms. The molecule has 0 saturated heterocycles. The van der Waals surface area contributed by atoms with Gasteiger partial charge in [0.15, 0.2) is 0 Å². The molecule has 7 nitrogen and oxygen atoms in total. The highest BCUT2D eigenvalue weighted by Crippen LogP contribution is 2.40. The smallest absolute Gasteiger partial charge is 0.418 e. The minimum Gasteiger partial charge on any atom is -0.495 e. The van der Waals surface area contributed by atoms with Crippen molar-refractivity contribution < 1.29 is 22.7 Å². The van der Waals surface area contributed by atoms with Crippen LogP contribution in [0.1, 0.15) is 23.0 Å². The number of ether oxygens (including phenoxy) is 1. The lowest BCUT2D eigenvalue weighted by atomic mass is 10.0. The van der Waals surface area contributed by atoms with E-state index >= 15 is 0 Å². The number of nitrogens with zero attached hydrogens (tertiary/aromatic N) is 3. The van der Waals surface area contributed by atoms with E-state index in [1.807, 2.05) is 0 Å². The molecule has 4 rings (SSSR count). The van der Waals surface area contributed by atoms with Gasteiger partial charge in [-0.2, -0.15) is 13.2 Å². The predicted molar refractivity (Wildman–Crippen MR) is 115 cm³/mol. The molecule has 3 aromatic rings. The molecule has 2 atom stereocenters. The summed E-state index contributed by atoms with van der Waals surface area (Å²) in [5.74, 6) is 0.404. The molecule has 0 fully saturated rings. The third-order valence-electron chi connectivity index (χ3n) is 4.88. The molecule has 0 unspecified atom stereocenters. The fourth-order valence-corrected chi connectivity index (χ4v) is 4.72. The van der Waals surface area contributed by atoms with Gasteiger partial charge in [0.25, 0.3) is 0 Å². The summed E-state index contributed by atoms with van der Waals surface area (Å²) < 4.78 is 47.0. The van der Waals surface area contributed by atoms with Crippen molar-refractivity contribution in [1.82, 2.24) is 14.9 Å². The van der Waals surface area contributed by atoms with Gasteiger partial charge in [-0.3, -0.25) is 4.79 Å². The van der Waals surface area contributed by atoms with Crippen LogP contribution in [0.25, 0.3) is 0 Å². The normalized spacial score (nSPS) is 17.9. The second-order valence-corrected chi connectivity index (χ2v) is 8.45. The fourth-order valence-electron chi connectivity index (χ4n) is 3.33. The maximum Gasteiger partial charge on any atom is 0.418 e. The minimum atomic E-state index is -4.61. The van der Waals surface area contributed by atoms with Crippen LogP contribution < -0.4 is 15.5 Å². The zero-order valence-corrected chi connectivity index (χ0v) is 18.3. The SMILES string of the molecule is COc1ccc([C@@H]2Nn3c(C)nnc3S[C@H]2C(=O)Nc2ccccc2C(F)(F)F)cc1Cl. The molecule has 1 aliphatic heterocycles. The number of methoxy groups -OCH3 is 1. The van der Waals surface area contributed by atoms with Gasteiger partial charge in [0, 0.05) is 0 Å². The molecule has 1 aromatic heterocycles. The third-order valence-corrected chi connectivity index (χ3v) is 6.39. The second kappa shape index (κ2) is 8.55. The number of aryl methyl sites for hydroxylation is 1. The topological polar surface area (TPSA) is 81.1 Å². The summed E-state index contributed by atoms with van der Waals surface area (Å²) in [7, 11) is 1.48. The van der Waals surface area contributed by atoms with E-state index in [9.17, 15) is 18.0 Å². The van der Waals surface area contributed by atoms with Crippen LogP contribution in [0.4, 0.5) is 18.9 Å². The van der Waals surface area contributed by atoms with Gasteiger partial charge >= 0.3 is 6.18 Å². The Kier molecular flexibility index (Phi) is 5.95. The van der Waals surface area contributed by atoms with Crippen molar-refractivity contribution in [3.63, 3.8) is 0 Å². The highest BCUT2D eigenvalue weighted by atomic mass is 35.5. The number of carbonyl (C=O) groups is 1. The summed E-state index contributed by atoms with van der Waals surface area (Å²) in [4.78, 5) is 13.2. The standard InChI is InChI=1S/C20H17ClF3N5O2S/c1-10-26-27-19-29(10)28-16(11-7-8-15(31-2)13(21)9-11)17(32-19)18(30)25-14-6-4-3-5-12(14)20(22,23)24/h3-9,16-17,28H,1-2H3,(H,25,30)/t16-,17+/m0/s1. The minimum absolute atomic E-state index is 0.319. The van der Waals surface area contributed by atoms with Crippen LogP contribution in [-0.2, 0) is 11.0 Å². The van der Waals surface area contributed by atoms with E-state index in [2.05, 4.69) is 20.9 Å². The number of para-hydroxylation sites is 1. The molecule has 0 saturated carbocycles. The quantitative estimate of drug-likeness (QED) is 0.561. The van der Waals surface area contributed by atoms with E-state index in [-0.39, 0.29) is 5.69 Å². The lowest BCUT2D eigenvalue weighted by Gasteiger charge is -2.33. The number of thioether (sulfide) groups is 1. The van der Waals surface area contributed by atoms with E-state index in [1.165, 1.54) is 25.3 Å². The molecule has 0 spiro atoms. The van der Waals surface area contributed by atoms with E-state index in [0.717, 1.165) is 17.8 Å². The molecular weight excluding hydrogens is 467 g/mol. The summed E-state index contributed by atoms with van der Waals surface area (Å²) in [5.41, 5.74) is 2.58. The van der Waals surface area contributed by atoms with Gasteiger partial charge in [-0.25, -0.2) is 4.68 Å². The van der Waals surface area contributed by atoms with Crippen molar-refractivity contribution in [3.05, 3.63) is 64.4 Å². The van der Waals surface area contributed by atoms with Crippen molar-refractivity contribution in [1.29, 1.82) is 0 Å². The number of benzene rings is 2. The predicted octanol–water partition coefficient (Wildman–Crippen LogP) is 4.67. The summed E-state index contributed by atoms with van der Waals surface area (Å²) in [6.45, 7) is 1.74. The number of rotatable bonds is 4. The number of anilines is 1. The molecule has 2 N–H and O–H groups in total. The van der Waals surface area contributed by atoms with Crippen LogP contribution in [0.15, 0.2) is 47.6 Å². The Labute approximate surface area is 190 Å². The number of hydrogen-bond acceptors (Lipinski definition) is 6. The molecule has 2 heterocycles. The molecule has 1 amide bonds. The number of alkyl halides is 3. The van der Waals surface area contributed by atoms with Gasteiger partial charge in [-0.15, -0.1) is 10.2 Å². The Hall–Kier alpha value is -2.92. The molecule has 12 heteroatoms. The van der Waals surface area contributed by atoms with E-state index in [0.29, 0.717) is 27.3 Å². The van der Waals surface area contributed by atoms with Gasteiger partial charge in [0.1, 0.15) is 16.8 Å². The van der Waals surface area contributed by atoms with Crippen LogP contribution in [0.5, 0.6) is 5.75 Å². The largest absolute Gasteiger partial charge is 0.495 e. The van der Waals surface area contributed by atoms with Crippen molar-refractivity contribution in [3.8, 4) is 5.75 Å². The Morgan fingerprint density at radius 3 is 2.69 bits per heavy atom. The molecule has 1 aliphatic rings. The highest BCUT2D eigenvalue weighted by molar-refractivity contribution is 8.00. The first kappa shape index (κ1) is 22.3. The lowest BCUT2D eigenvalue weighted by Crippen LogP contribution is -2.41. The van der Waals surface area contributed by atoms with Crippen molar-refractivity contribution in [2.75, 3.05) is 17.9 Å². The molecule has 2 aromatic carbocycles. The van der Waals surface area contributed by atoms with Gasteiger partial charge in [-0.1, -0.05) is 41.6 Å². The van der Waals surface area contributed by atoms with Crippen LogP contribution >= 0.6 is 23.4 Å². The number of fused-ring (bicyclic) bond motifs is 1. The van der Waals surface area contributed by atoms with Crippen molar-refractivity contribution in [2.45, 2.75) is 29.5 Å². The molecular formula is C20H17ClF3N5O2S. The van der Waals surface area contributed by atoms with Gasteiger partial charge < -0.3 is 15.5 Å². The first-order chi connectivity index (χ1) is 15.2. The number of nitrogens with one attached hydrogen (secondary N) is 2. The lowest BCUT2D eigenvalue weighted by molar-refractivity contribution is -0.137.